The van der Waals surface area contributed by atoms with Crippen LogP contribution in [0.1, 0.15) is 11.5 Å². The molecule has 0 heterocycles. The first-order chi connectivity index (χ1) is 12.6. The maximum Gasteiger partial charge on any atom is 0.416 e. The summed E-state index contributed by atoms with van der Waals surface area (Å²) in [4.78, 5) is 0.109. The molecule has 2 aliphatic carbocycles. The van der Waals surface area contributed by atoms with E-state index in [4.69, 9.17) is 0 Å². The number of halogens is 4. The number of hydrogen-bond donors (Lipinski definition) is 2. The second kappa shape index (κ2) is 7.12. The fourth-order valence-electron chi connectivity index (χ4n) is 2.81. The molecule has 2 aliphatic rings. The fraction of sp³-hybridized carbons (Fsp3) is 0.333. The van der Waals surface area contributed by atoms with Gasteiger partial charge in [-0.25, -0.2) is 17.5 Å². The molecule has 3 rings (SSSR count). The van der Waals surface area contributed by atoms with Gasteiger partial charge < -0.3 is 5.32 Å². The van der Waals surface area contributed by atoms with Crippen LogP contribution in [0.5, 0.6) is 0 Å². The quantitative estimate of drug-likeness (QED) is 0.564. The average molecular weight is 402 g/mol. The molecule has 1 aromatic rings. The molecule has 146 valence electrons. The smallest absolute Gasteiger partial charge is 0.384 e. The molecule has 0 bridgehead atoms. The van der Waals surface area contributed by atoms with Crippen LogP contribution in [0.25, 0.3) is 0 Å². The summed E-state index contributed by atoms with van der Waals surface area (Å²) in [6.45, 7) is 0.0805. The highest BCUT2D eigenvalue weighted by atomic mass is 32.2. The molecule has 2 unspecified atom stereocenters. The van der Waals surface area contributed by atoms with Gasteiger partial charge in [0.05, 0.1) is 10.5 Å². The first-order valence-electron chi connectivity index (χ1n) is 8.23. The van der Waals surface area contributed by atoms with Gasteiger partial charge in [0.25, 0.3) is 0 Å². The van der Waals surface area contributed by atoms with Gasteiger partial charge in [0.2, 0.25) is 10.0 Å². The van der Waals surface area contributed by atoms with E-state index in [0.717, 1.165) is 6.08 Å². The minimum Gasteiger partial charge on any atom is -0.384 e. The molecule has 0 radical (unpaired) electrons. The monoisotopic (exact) mass is 402 g/mol. The van der Waals surface area contributed by atoms with Gasteiger partial charge in [0.15, 0.2) is 0 Å². The van der Waals surface area contributed by atoms with Crippen LogP contribution in [0.3, 0.4) is 0 Å². The van der Waals surface area contributed by atoms with E-state index in [9.17, 15) is 26.0 Å². The van der Waals surface area contributed by atoms with E-state index in [2.05, 4.69) is 10.0 Å². The Kier molecular flexibility index (Phi) is 5.18. The third-order valence-corrected chi connectivity index (χ3v) is 5.88. The van der Waals surface area contributed by atoms with E-state index in [1.807, 2.05) is 12.2 Å². The predicted molar refractivity (Wildman–Crippen MR) is 94.7 cm³/mol. The van der Waals surface area contributed by atoms with Crippen molar-refractivity contribution in [2.45, 2.75) is 23.2 Å². The molecule has 1 aromatic carbocycles. The summed E-state index contributed by atoms with van der Waals surface area (Å²) in [6.07, 6.45) is 0.103. The molecule has 0 amide bonds. The van der Waals surface area contributed by atoms with E-state index in [-0.39, 0.29) is 17.4 Å². The second-order valence-electron chi connectivity index (χ2n) is 6.34. The van der Waals surface area contributed by atoms with Crippen molar-refractivity contribution in [3.05, 3.63) is 59.7 Å². The lowest BCUT2D eigenvalue weighted by Crippen LogP contribution is -2.26. The Hall–Kier alpha value is -2.13. The lowest BCUT2D eigenvalue weighted by molar-refractivity contribution is -0.0892. The number of hydrogen-bond acceptors (Lipinski definition) is 3. The summed E-state index contributed by atoms with van der Waals surface area (Å²) in [6, 6.07) is 4.53. The van der Waals surface area contributed by atoms with Crippen LogP contribution in [-0.4, -0.2) is 34.4 Å². The minimum atomic E-state index is -4.57. The summed E-state index contributed by atoms with van der Waals surface area (Å²) in [5.74, 6) is -0.767. The number of nitrogens with one attached hydrogen (secondary N) is 2. The topological polar surface area (TPSA) is 58.2 Å². The fourth-order valence-corrected chi connectivity index (χ4v) is 3.57. The number of anilines is 1. The summed E-state index contributed by atoms with van der Waals surface area (Å²) in [5.41, 5.74) is 0.343. The van der Waals surface area contributed by atoms with Gasteiger partial charge >= 0.3 is 6.18 Å². The van der Waals surface area contributed by atoms with Crippen LogP contribution in [0.15, 0.2) is 59.0 Å². The van der Waals surface area contributed by atoms with Crippen LogP contribution in [0.2, 0.25) is 0 Å². The number of alkyl halides is 4. The highest BCUT2D eigenvalue weighted by Crippen LogP contribution is 2.37. The first kappa shape index (κ1) is 19.6. The van der Waals surface area contributed by atoms with Crippen molar-refractivity contribution in [2.75, 3.05) is 18.9 Å². The van der Waals surface area contributed by atoms with Crippen molar-refractivity contribution in [2.24, 2.45) is 5.92 Å². The highest BCUT2D eigenvalue weighted by Gasteiger charge is 2.35. The van der Waals surface area contributed by atoms with Gasteiger partial charge in [-0.15, -0.1) is 0 Å². The molecule has 2 atom stereocenters. The Bertz CT molecular complexity index is 914. The van der Waals surface area contributed by atoms with Crippen molar-refractivity contribution in [3.8, 4) is 0 Å². The zero-order valence-electron chi connectivity index (χ0n) is 14.3. The molecular formula is C18H18F4N2O2S. The second-order valence-corrected chi connectivity index (χ2v) is 8.22. The molecule has 27 heavy (non-hydrogen) atoms. The van der Waals surface area contributed by atoms with E-state index in [1.165, 1.54) is 25.3 Å². The Morgan fingerprint density at radius 2 is 1.85 bits per heavy atom. The SMILES string of the molecule is CNS(=O)(=O)c1ccc(NCC2C=CC(C(F)(F)F)=CC2F)c(C2C=C2)c1. The lowest BCUT2D eigenvalue weighted by Gasteiger charge is -2.23. The molecule has 0 fully saturated rings. The van der Waals surface area contributed by atoms with Gasteiger partial charge in [-0.3, -0.25) is 0 Å². The summed E-state index contributed by atoms with van der Waals surface area (Å²) < 4.78 is 78.2. The Morgan fingerprint density at radius 3 is 2.41 bits per heavy atom. The number of benzene rings is 1. The number of sulfonamides is 1. The molecule has 0 spiro atoms. The Balaban J connectivity index is 1.74. The average Bonchev–Trinajstić information content (AvgIpc) is 3.44. The molecule has 9 heteroatoms. The molecule has 2 N–H and O–H groups in total. The van der Waals surface area contributed by atoms with E-state index in [0.29, 0.717) is 17.3 Å². The molecule has 0 aromatic heterocycles. The minimum absolute atomic E-state index is 0.0145. The van der Waals surface area contributed by atoms with Crippen LogP contribution in [0.4, 0.5) is 23.2 Å². The standard InChI is InChI=1S/C18H18F4N2O2S/c1-23-27(25,26)14-6-7-17(15(9-14)11-2-3-11)24-10-12-4-5-13(8-16(12)19)18(20,21)22/h2-9,11-12,16,23-24H,10H2,1H3. The van der Waals surface area contributed by atoms with Crippen LogP contribution in [-0.2, 0) is 10.0 Å². The number of allylic oxidation sites excluding steroid dienone is 5. The molecule has 0 aliphatic heterocycles. The van der Waals surface area contributed by atoms with Crippen LogP contribution in [0, 0.1) is 5.92 Å². The van der Waals surface area contributed by atoms with Crippen molar-refractivity contribution in [1.29, 1.82) is 0 Å². The third-order valence-electron chi connectivity index (χ3n) is 4.47. The van der Waals surface area contributed by atoms with E-state index >= 15 is 0 Å². The number of rotatable bonds is 6. The van der Waals surface area contributed by atoms with Crippen molar-refractivity contribution >= 4 is 15.7 Å². The van der Waals surface area contributed by atoms with Gasteiger partial charge in [0.1, 0.15) is 6.17 Å². The van der Waals surface area contributed by atoms with E-state index < -0.39 is 33.9 Å². The van der Waals surface area contributed by atoms with E-state index in [1.54, 1.807) is 6.07 Å². The Morgan fingerprint density at radius 1 is 1.15 bits per heavy atom. The summed E-state index contributed by atoms with van der Waals surface area (Å²) >= 11 is 0. The van der Waals surface area contributed by atoms with Crippen molar-refractivity contribution in [1.82, 2.24) is 4.72 Å². The lowest BCUT2D eigenvalue weighted by atomic mass is 9.94. The van der Waals surface area contributed by atoms with Crippen LogP contribution < -0.4 is 10.0 Å². The zero-order chi connectivity index (χ0) is 19.8. The van der Waals surface area contributed by atoms with Gasteiger partial charge in [-0.05, 0) is 36.9 Å². The maximum atomic E-state index is 14.1. The molecular weight excluding hydrogens is 384 g/mol. The van der Waals surface area contributed by atoms with Crippen molar-refractivity contribution in [3.63, 3.8) is 0 Å². The van der Waals surface area contributed by atoms with Gasteiger partial charge in [0, 0.05) is 24.1 Å². The highest BCUT2D eigenvalue weighted by molar-refractivity contribution is 7.89. The predicted octanol–water partition coefficient (Wildman–Crippen LogP) is 3.67. The normalized spacial score (nSPS) is 22.6. The van der Waals surface area contributed by atoms with Gasteiger partial charge in [-0.1, -0.05) is 24.3 Å². The molecule has 0 saturated carbocycles. The van der Waals surface area contributed by atoms with Crippen molar-refractivity contribution < 1.29 is 26.0 Å². The first-order valence-corrected chi connectivity index (χ1v) is 9.71. The summed E-state index contributed by atoms with van der Waals surface area (Å²) in [7, 11) is -2.28. The Labute approximate surface area is 154 Å². The third kappa shape index (κ3) is 4.41. The van der Waals surface area contributed by atoms with Crippen LogP contribution >= 0.6 is 0 Å². The van der Waals surface area contributed by atoms with Gasteiger partial charge in [-0.2, -0.15) is 13.2 Å². The molecule has 4 nitrogen and oxygen atoms in total. The maximum absolute atomic E-state index is 14.1. The molecule has 0 saturated heterocycles. The summed E-state index contributed by atoms with van der Waals surface area (Å²) in [5, 5.41) is 3.03. The largest absolute Gasteiger partial charge is 0.416 e. The zero-order valence-corrected chi connectivity index (χ0v) is 15.1.